The van der Waals surface area contributed by atoms with Gasteiger partial charge in [0.25, 0.3) is 0 Å². The Kier molecular flexibility index (Phi) is 1.89. The van der Waals surface area contributed by atoms with Gasteiger partial charge in [0, 0.05) is 17.3 Å². The van der Waals surface area contributed by atoms with E-state index in [0.29, 0.717) is 28.3 Å². The Morgan fingerprint density at radius 3 is 2.76 bits per heavy atom. The van der Waals surface area contributed by atoms with Crippen molar-refractivity contribution < 1.29 is 14.3 Å². The fourth-order valence-electron chi connectivity index (χ4n) is 1.93. The Balaban J connectivity index is 2.20. The third-order valence-electron chi connectivity index (χ3n) is 2.68. The summed E-state index contributed by atoms with van der Waals surface area (Å²) in [6.07, 6.45) is 1.62. The van der Waals surface area contributed by atoms with E-state index in [-0.39, 0.29) is 6.79 Å². The van der Waals surface area contributed by atoms with Crippen LogP contribution in [0, 0.1) is 0 Å². The number of benzene rings is 1. The Bertz CT molecular complexity index is 575. The molecule has 1 amide bonds. The maximum Gasteiger partial charge on any atom is 0.249 e. The lowest BCUT2D eigenvalue weighted by molar-refractivity contribution is -0.112. The van der Waals surface area contributed by atoms with Crippen molar-refractivity contribution in [2.75, 3.05) is 12.1 Å². The summed E-state index contributed by atoms with van der Waals surface area (Å²) in [5.74, 6) is 0.771. The highest BCUT2D eigenvalue weighted by Crippen LogP contribution is 2.41. The second-order valence-electron chi connectivity index (χ2n) is 3.82. The van der Waals surface area contributed by atoms with Crippen LogP contribution in [0.25, 0.3) is 5.57 Å². The summed E-state index contributed by atoms with van der Waals surface area (Å²) in [5, 5.41) is 3.06. The van der Waals surface area contributed by atoms with E-state index in [2.05, 4.69) is 11.9 Å². The van der Waals surface area contributed by atoms with Crippen molar-refractivity contribution in [1.29, 1.82) is 0 Å². The van der Waals surface area contributed by atoms with Crippen LogP contribution in [0.1, 0.15) is 5.56 Å². The molecule has 0 unspecified atom stereocenters. The van der Waals surface area contributed by atoms with E-state index in [1.807, 2.05) is 0 Å². The average Bonchev–Trinajstić information content (AvgIpc) is 2.71. The number of nitrogens with two attached hydrogens (primary N) is 1. The number of rotatable bonds is 1. The molecular formula is C12H10N2O3. The number of carbonyl (C=O) groups excluding carboxylic acids is 1. The fourth-order valence-corrected chi connectivity index (χ4v) is 1.93. The molecule has 0 saturated carbocycles. The van der Waals surface area contributed by atoms with Crippen molar-refractivity contribution in [2.45, 2.75) is 0 Å². The van der Waals surface area contributed by atoms with Gasteiger partial charge in [0.05, 0.1) is 11.3 Å². The van der Waals surface area contributed by atoms with E-state index in [1.165, 1.54) is 0 Å². The molecule has 0 fully saturated rings. The first-order valence-corrected chi connectivity index (χ1v) is 5.06. The van der Waals surface area contributed by atoms with E-state index in [0.717, 1.165) is 5.69 Å². The number of carbonyl (C=O) groups is 1. The van der Waals surface area contributed by atoms with Crippen LogP contribution in [0.4, 0.5) is 5.69 Å². The van der Waals surface area contributed by atoms with Crippen molar-refractivity contribution in [3.63, 3.8) is 0 Å². The highest BCUT2D eigenvalue weighted by molar-refractivity contribution is 6.21. The topological polar surface area (TPSA) is 73.6 Å². The van der Waals surface area contributed by atoms with Gasteiger partial charge < -0.3 is 20.5 Å². The molecule has 2 aliphatic heterocycles. The SMILES string of the molecule is C=C1C=C(C(N)=O)c2cc3c(cc2N1)OCO3. The van der Waals surface area contributed by atoms with Crippen LogP contribution >= 0.6 is 0 Å². The summed E-state index contributed by atoms with van der Waals surface area (Å²) in [5.41, 5.74) is 7.82. The minimum Gasteiger partial charge on any atom is -0.454 e. The van der Waals surface area contributed by atoms with Crippen LogP contribution in [-0.2, 0) is 4.79 Å². The maximum atomic E-state index is 11.4. The Morgan fingerprint density at radius 2 is 2.06 bits per heavy atom. The number of nitrogens with one attached hydrogen (secondary N) is 1. The van der Waals surface area contributed by atoms with Crippen molar-refractivity contribution >= 4 is 17.2 Å². The van der Waals surface area contributed by atoms with Crippen LogP contribution in [-0.4, -0.2) is 12.7 Å². The lowest BCUT2D eigenvalue weighted by atomic mass is 9.98. The molecule has 1 aromatic rings. The van der Waals surface area contributed by atoms with Crippen LogP contribution < -0.4 is 20.5 Å². The van der Waals surface area contributed by atoms with E-state index < -0.39 is 5.91 Å². The number of hydrogen-bond acceptors (Lipinski definition) is 4. The molecule has 0 radical (unpaired) electrons. The van der Waals surface area contributed by atoms with Gasteiger partial charge in [-0.3, -0.25) is 4.79 Å². The van der Waals surface area contributed by atoms with Crippen molar-refractivity contribution in [3.05, 3.63) is 36.0 Å². The molecule has 0 spiro atoms. The average molecular weight is 230 g/mol. The molecule has 0 atom stereocenters. The monoisotopic (exact) mass is 230 g/mol. The normalized spacial score (nSPS) is 16.0. The number of amides is 1. The molecular weight excluding hydrogens is 220 g/mol. The van der Waals surface area contributed by atoms with Crippen molar-refractivity contribution in [2.24, 2.45) is 5.73 Å². The molecule has 5 nitrogen and oxygen atoms in total. The predicted molar refractivity (Wildman–Crippen MR) is 62.5 cm³/mol. The smallest absolute Gasteiger partial charge is 0.249 e. The van der Waals surface area contributed by atoms with Gasteiger partial charge in [-0.25, -0.2) is 0 Å². The largest absolute Gasteiger partial charge is 0.454 e. The molecule has 0 aliphatic carbocycles. The summed E-state index contributed by atoms with van der Waals surface area (Å²) in [7, 11) is 0. The van der Waals surface area contributed by atoms with Gasteiger partial charge in [-0.2, -0.15) is 0 Å². The first-order valence-electron chi connectivity index (χ1n) is 5.06. The molecule has 0 saturated heterocycles. The fraction of sp³-hybridized carbons (Fsp3) is 0.0833. The second kappa shape index (κ2) is 3.28. The van der Waals surface area contributed by atoms with Crippen molar-refractivity contribution in [1.82, 2.24) is 0 Å². The number of ether oxygens (including phenoxy) is 2. The minimum atomic E-state index is -0.493. The summed E-state index contributed by atoms with van der Waals surface area (Å²) in [6, 6.07) is 3.52. The van der Waals surface area contributed by atoms with Crippen LogP contribution in [0.2, 0.25) is 0 Å². The molecule has 1 aromatic carbocycles. The van der Waals surface area contributed by atoms with Crippen LogP contribution in [0.5, 0.6) is 11.5 Å². The molecule has 5 heteroatoms. The first kappa shape index (κ1) is 9.77. The number of primary amides is 1. The quantitative estimate of drug-likeness (QED) is 0.760. The summed E-state index contributed by atoms with van der Waals surface area (Å²) in [6.45, 7) is 3.96. The standard InChI is InChI=1S/C12H10N2O3/c1-6-2-8(12(13)15)7-3-10-11(17-5-16-10)4-9(7)14-6/h2-4,14H,1,5H2,(H2,13,15). The molecule has 86 valence electrons. The highest BCUT2D eigenvalue weighted by atomic mass is 16.7. The molecule has 3 N–H and O–H groups in total. The third kappa shape index (κ3) is 1.44. The van der Waals surface area contributed by atoms with E-state index in [9.17, 15) is 4.79 Å². The molecule has 17 heavy (non-hydrogen) atoms. The van der Waals surface area contributed by atoms with E-state index in [4.69, 9.17) is 15.2 Å². The van der Waals surface area contributed by atoms with Gasteiger partial charge in [-0.15, -0.1) is 0 Å². The lowest BCUT2D eigenvalue weighted by Crippen LogP contribution is -2.17. The van der Waals surface area contributed by atoms with Crippen LogP contribution in [0.3, 0.4) is 0 Å². The zero-order chi connectivity index (χ0) is 12.0. The summed E-state index contributed by atoms with van der Waals surface area (Å²) >= 11 is 0. The van der Waals surface area contributed by atoms with Crippen LogP contribution in [0.15, 0.2) is 30.5 Å². The third-order valence-corrected chi connectivity index (χ3v) is 2.68. The number of allylic oxidation sites excluding steroid dienone is 1. The number of anilines is 1. The summed E-state index contributed by atoms with van der Waals surface area (Å²) in [4.78, 5) is 11.4. The van der Waals surface area contributed by atoms with Crippen molar-refractivity contribution in [3.8, 4) is 11.5 Å². The Labute approximate surface area is 97.5 Å². The van der Waals surface area contributed by atoms with E-state index in [1.54, 1.807) is 18.2 Å². The predicted octanol–water partition coefficient (Wildman–Crippen LogP) is 1.22. The maximum absolute atomic E-state index is 11.4. The Morgan fingerprint density at radius 1 is 1.35 bits per heavy atom. The summed E-state index contributed by atoms with van der Waals surface area (Å²) < 4.78 is 10.5. The second-order valence-corrected chi connectivity index (χ2v) is 3.82. The lowest BCUT2D eigenvalue weighted by Gasteiger charge is -2.19. The number of hydrogen-bond donors (Lipinski definition) is 2. The molecule has 3 rings (SSSR count). The first-order chi connectivity index (χ1) is 8.15. The van der Waals surface area contributed by atoms with Gasteiger partial charge in [0.2, 0.25) is 12.7 Å². The highest BCUT2D eigenvalue weighted by Gasteiger charge is 2.23. The minimum absolute atomic E-state index is 0.189. The molecule has 0 bridgehead atoms. The Hall–Kier alpha value is -2.43. The molecule has 2 aliphatic rings. The molecule has 0 aromatic heterocycles. The van der Waals surface area contributed by atoms with Gasteiger partial charge in [-0.05, 0) is 12.1 Å². The number of fused-ring (bicyclic) bond motifs is 2. The van der Waals surface area contributed by atoms with Gasteiger partial charge >= 0.3 is 0 Å². The zero-order valence-corrected chi connectivity index (χ0v) is 8.95. The molecule has 2 heterocycles. The van der Waals surface area contributed by atoms with E-state index >= 15 is 0 Å². The zero-order valence-electron chi connectivity index (χ0n) is 8.95. The van der Waals surface area contributed by atoms with Gasteiger partial charge in [-0.1, -0.05) is 6.58 Å². The van der Waals surface area contributed by atoms with Gasteiger partial charge in [0.1, 0.15) is 0 Å². The van der Waals surface area contributed by atoms with Gasteiger partial charge in [0.15, 0.2) is 11.5 Å².